The van der Waals surface area contributed by atoms with Crippen molar-refractivity contribution in [3.63, 3.8) is 0 Å². The van der Waals surface area contributed by atoms with Gasteiger partial charge in [0.1, 0.15) is 17.9 Å². The summed E-state index contributed by atoms with van der Waals surface area (Å²) in [4.78, 5) is 19.9. The average Bonchev–Trinajstić information content (AvgIpc) is 2.61. The largest absolute Gasteiger partial charge is 0.303 e. The molecule has 0 saturated heterocycles. The molecule has 0 amide bonds. The normalized spacial score (nSPS) is 16.6. The first-order valence-electron chi connectivity index (χ1n) is 5.84. The van der Waals surface area contributed by atoms with E-state index in [4.69, 9.17) is 0 Å². The summed E-state index contributed by atoms with van der Waals surface area (Å²) < 4.78 is 13.8. The molecule has 1 aliphatic rings. The van der Waals surface area contributed by atoms with Crippen LogP contribution in [0.1, 0.15) is 43.7 Å². The minimum atomic E-state index is -0.206. The Hall–Kier alpha value is -1.03. The molecule has 0 spiro atoms. The summed E-state index contributed by atoms with van der Waals surface area (Å²) in [5.41, 5.74) is 2.17. The van der Waals surface area contributed by atoms with Crippen LogP contribution in [0.3, 0.4) is 0 Å². The van der Waals surface area contributed by atoms with Gasteiger partial charge in [-0.2, -0.15) is 0 Å². The highest BCUT2D eigenvalue weighted by molar-refractivity contribution is 9.10. The fourth-order valence-electron chi connectivity index (χ4n) is 2.13. The second kappa shape index (κ2) is 6.78. The summed E-state index contributed by atoms with van der Waals surface area (Å²) in [6, 6.07) is 3.05. The maximum atomic E-state index is 13.0. The van der Waals surface area contributed by atoms with Gasteiger partial charge in [0.05, 0.1) is 0 Å². The van der Waals surface area contributed by atoms with E-state index in [2.05, 4.69) is 15.9 Å². The van der Waals surface area contributed by atoms with Crippen LogP contribution in [0.5, 0.6) is 0 Å². The van der Waals surface area contributed by atoms with Gasteiger partial charge < -0.3 is 9.59 Å². The molecule has 18 heavy (non-hydrogen) atoms. The van der Waals surface area contributed by atoms with Crippen LogP contribution in [0.2, 0.25) is 0 Å². The van der Waals surface area contributed by atoms with Gasteiger partial charge in [-0.1, -0.05) is 15.9 Å². The molecule has 0 saturated carbocycles. The predicted molar refractivity (Wildman–Crippen MR) is 72.2 cm³/mol. The Labute approximate surface area is 115 Å². The molecule has 1 aromatic rings. The van der Waals surface area contributed by atoms with E-state index in [0.717, 1.165) is 34.7 Å². The van der Waals surface area contributed by atoms with E-state index in [1.165, 1.54) is 19.9 Å². The molecule has 0 aliphatic heterocycles. The van der Waals surface area contributed by atoms with Crippen LogP contribution in [0.25, 0.3) is 0 Å². The Balaban J connectivity index is 0.000000357. The lowest BCUT2D eigenvalue weighted by molar-refractivity contribution is -0.115. The smallest absolute Gasteiger partial charge is 0.126 e. The molecule has 98 valence electrons. The molecule has 4 heteroatoms. The highest BCUT2D eigenvalue weighted by atomic mass is 79.9. The third-order valence-electron chi connectivity index (χ3n) is 2.73. The summed E-state index contributed by atoms with van der Waals surface area (Å²) >= 11 is 3.35. The number of benzene rings is 1. The van der Waals surface area contributed by atoms with Gasteiger partial charge in [0, 0.05) is 10.9 Å². The van der Waals surface area contributed by atoms with Crippen LogP contribution in [0.15, 0.2) is 16.6 Å². The van der Waals surface area contributed by atoms with Gasteiger partial charge >= 0.3 is 0 Å². The molecule has 0 N–H and O–H groups in total. The standard InChI is InChI=1S/C11H10BrFO.C3H6O/c12-10-6-9(13)5-8-2-1-7(3-4-14)11(8)10;1-3(2)4/h4-7H,1-3H2;1-2H3. The van der Waals surface area contributed by atoms with Gasteiger partial charge in [0.15, 0.2) is 0 Å². The van der Waals surface area contributed by atoms with Gasteiger partial charge in [-0.05, 0) is 55.9 Å². The molecule has 0 radical (unpaired) electrons. The van der Waals surface area contributed by atoms with Gasteiger partial charge in [0.2, 0.25) is 0 Å². The average molecular weight is 315 g/mol. The molecule has 1 atom stereocenters. The summed E-state index contributed by atoms with van der Waals surface area (Å²) in [6.07, 6.45) is 3.31. The molecule has 0 fully saturated rings. The third kappa shape index (κ3) is 4.02. The molecule has 1 unspecified atom stereocenters. The van der Waals surface area contributed by atoms with Crippen LogP contribution in [-0.4, -0.2) is 12.1 Å². The van der Waals surface area contributed by atoms with Crippen molar-refractivity contribution >= 4 is 28.0 Å². The minimum absolute atomic E-state index is 0.167. The van der Waals surface area contributed by atoms with Crippen molar-refractivity contribution in [3.8, 4) is 0 Å². The van der Waals surface area contributed by atoms with Crippen molar-refractivity contribution in [2.24, 2.45) is 0 Å². The van der Waals surface area contributed by atoms with E-state index < -0.39 is 0 Å². The summed E-state index contributed by atoms with van der Waals surface area (Å²) in [6.45, 7) is 3.06. The maximum absolute atomic E-state index is 13.0. The number of aldehydes is 1. The van der Waals surface area contributed by atoms with E-state index in [9.17, 15) is 14.0 Å². The quantitative estimate of drug-likeness (QED) is 0.778. The molecule has 2 nitrogen and oxygen atoms in total. The molecule has 2 rings (SSSR count). The molecule has 1 aromatic carbocycles. The number of hydrogen-bond donors (Lipinski definition) is 0. The Morgan fingerprint density at radius 2 is 2.11 bits per heavy atom. The number of carbonyl (C=O) groups is 2. The van der Waals surface area contributed by atoms with Gasteiger partial charge in [0.25, 0.3) is 0 Å². The van der Waals surface area contributed by atoms with Crippen LogP contribution in [0.4, 0.5) is 4.39 Å². The number of rotatable bonds is 2. The van der Waals surface area contributed by atoms with Crippen molar-refractivity contribution in [2.45, 2.75) is 39.0 Å². The number of Topliss-reactive ketones (excluding diaryl/α,β-unsaturated/α-hetero) is 1. The Bertz CT molecular complexity index is 453. The van der Waals surface area contributed by atoms with Crippen molar-refractivity contribution in [1.29, 1.82) is 0 Å². The fraction of sp³-hybridized carbons (Fsp3) is 0.429. The molecule has 0 heterocycles. The van der Waals surface area contributed by atoms with E-state index >= 15 is 0 Å². The van der Waals surface area contributed by atoms with Crippen molar-refractivity contribution in [1.82, 2.24) is 0 Å². The molecular formula is C14H16BrFO2. The Kier molecular flexibility index (Phi) is 5.66. The van der Waals surface area contributed by atoms with Crippen LogP contribution in [-0.2, 0) is 16.0 Å². The van der Waals surface area contributed by atoms with Crippen LogP contribution in [0, 0.1) is 5.82 Å². The second-order valence-electron chi connectivity index (χ2n) is 4.51. The van der Waals surface area contributed by atoms with Crippen molar-refractivity contribution in [2.75, 3.05) is 0 Å². The molecule has 0 bridgehead atoms. The lowest BCUT2D eigenvalue weighted by atomic mass is 9.99. The van der Waals surface area contributed by atoms with Crippen LogP contribution >= 0.6 is 15.9 Å². The first kappa shape index (κ1) is 15.0. The molecule has 0 aromatic heterocycles. The number of ketones is 1. The topological polar surface area (TPSA) is 34.1 Å². The number of carbonyl (C=O) groups excluding carboxylic acids is 2. The Morgan fingerprint density at radius 1 is 1.50 bits per heavy atom. The molecule has 1 aliphatic carbocycles. The van der Waals surface area contributed by atoms with Gasteiger partial charge in [-0.3, -0.25) is 0 Å². The highest BCUT2D eigenvalue weighted by Crippen LogP contribution is 2.40. The van der Waals surface area contributed by atoms with Gasteiger partial charge in [-0.25, -0.2) is 4.39 Å². The Morgan fingerprint density at radius 3 is 2.67 bits per heavy atom. The number of aryl methyl sites for hydroxylation is 1. The minimum Gasteiger partial charge on any atom is -0.303 e. The predicted octanol–water partition coefficient (Wildman–Crippen LogP) is 3.80. The summed E-state index contributed by atoms with van der Waals surface area (Å²) in [5, 5.41) is 0. The van der Waals surface area contributed by atoms with E-state index in [1.54, 1.807) is 6.07 Å². The van der Waals surface area contributed by atoms with Crippen molar-refractivity contribution in [3.05, 3.63) is 33.5 Å². The summed E-state index contributed by atoms with van der Waals surface area (Å²) in [5.74, 6) is 0.236. The SMILES string of the molecule is CC(C)=O.O=CCC1CCc2cc(F)cc(Br)c21. The second-order valence-corrected chi connectivity index (χ2v) is 5.36. The van der Waals surface area contributed by atoms with E-state index in [1.807, 2.05) is 0 Å². The van der Waals surface area contributed by atoms with E-state index in [-0.39, 0.29) is 17.5 Å². The first-order valence-corrected chi connectivity index (χ1v) is 6.63. The monoisotopic (exact) mass is 314 g/mol. The van der Waals surface area contributed by atoms with E-state index in [0.29, 0.717) is 6.42 Å². The summed E-state index contributed by atoms with van der Waals surface area (Å²) in [7, 11) is 0. The number of hydrogen-bond acceptors (Lipinski definition) is 2. The highest BCUT2D eigenvalue weighted by Gasteiger charge is 2.25. The number of fused-ring (bicyclic) bond motifs is 1. The first-order chi connectivity index (χ1) is 8.45. The molecular weight excluding hydrogens is 299 g/mol. The zero-order chi connectivity index (χ0) is 13.7. The zero-order valence-corrected chi connectivity index (χ0v) is 12.1. The van der Waals surface area contributed by atoms with Gasteiger partial charge in [-0.15, -0.1) is 0 Å². The third-order valence-corrected chi connectivity index (χ3v) is 3.39. The lowest BCUT2D eigenvalue weighted by Crippen LogP contribution is -1.96. The lowest BCUT2D eigenvalue weighted by Gasteiger charge is -2.09. The van der Waals surface area contributed by atoms with Crippen LogP contribution < -0.4 is 0 Å². The maximum Gasteiger partial charge on any atom is 0.126 e. The van der Waals surface area contributed by atoms with Crippen molar-refractivity contribution < 1.29 is 14.0 Å². The number of halogens is 2. The fourth-order valence-corrected chi connectivity index (χ4v) is 2.93. The zero-order valence-electron chi connectivity index (χ0n) is 10.5.